The van der Waals surface area contributed by atoms with Gasteiger partial charge in [-0.05, 0) is 94.2 Å². The molecule has 0 aliphatic carbocycles. The summed E-state index contributed by atoms with van der Waals surface area (Å²) in [7, 11) is -4.24. The highest BCUT2D eigenvalue weighted by molar-refractivity contribution is 9.09. The van der Waals surface area contributed by atoms with Crippen LogP contribution in [0.25, 0.3) is 0 Å². The SMILES string of the molecule is CC(=O)O[C@@H](C)/C=C\C(=O)N[C@@H]1C[C@H](C)[C@H](C/C=C(C)/C=C/[C@H]2O[C@H](CC(=O)NCc3ccc(S(=O)(=O)NC(=O)CCc4ccccc4NC(=O)CNC(=O)CCCCCNC(=O)CBr)cc3)C[C@@]3(CO3)[C@@H]2O)O[C@@H]1C. The molecule has 3 saturated heterocycles. The maximum atomic E-state index is 13.2. The summed E-state index contributed by atoms with van der Waals surface area (Å²) in [6.07, 6.45) is 9.39. The number of amides is 6. The minimum absolute atomic E-state index is 0.00547. The molecule has 7 N–H and O–H groups in total. The number of para-hydroxylation sites is 1. The fourth-order valence-electron chi connectivity index (χ4n) is 8.85. The Hall–Kier alpha value is -5.78. The van der Waals surface area contributed by atoms with Gasteiger partial charge in [0.1, 0.15) is 23.9 Å². The number of halogens is 1. The van der Waals surface area contributed by atoms with Crippen LogP contribution in [0.4, 0.5) is 5.69 Å². The number of aliphatic hydroxyl groups is 1. The van der Waals surface area contributed by atoms with E-state index in [1.165, 1.54) is 43.3 Å². The zero-order valence-electron chi connectivity index (χ0n) is 43.8. The molecule has 2 aromatic carbocycles. The van der Waals surface area contributed by atoms with Gasteiger partial charge in [-0.25, -0.2) is 13.1 Å². The first kappa shape index (κ1) is 61.1. The number of aryl methyl sites for hydroxylation is 1. The third-order valence-corrected chi connectivity index (χ3v) is 15.1. The van der Waals surface area contributed by atoms with E-state index in [0.717, 1.165) is 24.8 Å². The molecule has 2 aromatic rings. The van der Waals surface area contributed by atoms with Gasteiger partial charge < -0.3 is 50.6 Å². The minimum Gasteiger partial charge on any atom is -0.459 e. The number of nitrogens with one attached hydrogen (secondary N) is 6. The van der Waals surface area contributed by atoms with Crippen LogP contribution in [0.1, 0.15) is 104 Å². The summed E-state index contributed by atoms with van der Waals surface area (Å²) in [5.74, 6) is -2.50. The predicted octanol–water partition coefficient (Wildman–Crippen LogP) is 4.24. The average molecular weight is 1140 g/mol. The van der Waals surface area contributed by atoms with Crippen molar-refractivity contribution in [1.82, 2.24) is 26.0 Å². The molecule has 0 saturated carbocycles. The molecule has 76 heavy (non-hydrogen) atoms. The number of rotatable bonds is 27. The van der Waals surface area contributed by atoms with Gasteiger partial charge in [0.05, 0.1) is 54.2 Å². The van der Waals surface area contributed by atoms with Gasteiger partial charge in [0, 0.05) is 51.0 Å². The number of esters is 1. The van der Waals surface area contributed by atoms with Gasteiger partial charge in [-0.3, -0.25) is 33.6 Å². The normalized spacial score (nSPS) is 23.8. The van der Waals surface area contributed by atoms with Gasteiger partial charge in [-0.2, -0.15) is 0 Å². The molecule has 3 fully saturated rings. The van der Waals surface area contributed by atoms with Crippen LogP contribution < -0.4 is 31.3 Å². The summed E-state index contributed by atoms with van der Waals surface area (Å²) in [4.78, 5) is 85.7. The largest absolute Gasteiger partial charge is 0.459 e. The van der Waals surface area contributed by atoms with Crippen molar-refractivity contribution in [1.29, 1.82) is 0 Å². The number of epoxide rings is 1. The number of benzene rings is 2. The summed E-state index contributed by atoms with van der Waals surface area (Å²) in [6, 6.07) is 12.3. The van der Waals surface area contributed by atoms with Crippen molar-refractivity contribution in [3.05, 3.63) is 95.6 Å². The van der Waals surface area contributed by atoms with Gasteiger partial charge in [-0.15, -0.1) is 0 Å². The van der Waals surface area contributed by atoms with Crippen LogP contribution in [0.3, 0.4) is 0 Å². The molecule has 9 atom stereocenters. The monoisotopic (exact) mass is 1140 g/mol. The van der Waals surface area contributed by atoms with E-state index in [2.05, 4.69) is 60.2 Å². The third-order valence-electron chi connectivity index (χ3n) is 13.2. The number of alkyl halides is 1. The van der Waals surface area contributed by atoms with Crippen molar-refractivity contribution in [2.24, 2.45) is 5.92 Å². The molecular weight excluding hydrogens is 1070 g/mol. The maximum Gasteiger partial charge on any atom is 0.303 e. The Labute approximate surface area is 453 Å². The molecule has 0 unspecified atom stereocenters. The molecule has 0 aromatic heterocycles. The summed E-state index contributed by atoms with van der Waals surface area (Å²) < 4.78 is 51.7. The molecule has 0 bridgehead atoms. The fraction of sp³-hybridized carbons (Fsp3) is 0.537. The second kappa shape index (κ2) is 29.7. The number of hydrogen-bond donors (Lipinski definition) is 7. The van der Waals surface area contributed by atoms with Gasteiger partial charge in [0.25, 0.3) is 10.0 Å². The van der Waals surface area contributed by atoms with Gasteiger partial charge in [0.15, 0.2) is 0 Å². The standard InChI is InChI=1S/C54H73BrN6O14S/c1-34(14-22-45-35(2)27-44(37(4)74-45)60-48(64)24-16-36(3)73-38(5)62)15-23-46-53(69)54(33-72-54)29-41(75-46)28-50(66)57-31-39-17-20-42(21-18-39)76(70,71)61-49(65)25-19-40-11-8-9-12-43(40)59-52(68)32-58-47(63)13-7-6-10-26-56-51(67)30-55/h8-9,11-12,14-18,20-21,23-24,35-37,41,44-46,53,69H,6-7,10,13,19,22,25-33H2,1-5H3,(H,56,67)(H,57,66)(H,58,63)(H,59,68)(H,60,64)(H,61,65)/b23-15+,24-16-,34-14+/t35-,36-,37+,41+,44+,45-,46+,53+,54+/m0/s1. The number of carbonyl (C=O) groups is 7. The number of sulfonamides is 1. The number of aliphatic hydroxyl groups excluding tert-OH is 1. The van der Waals surface area contributed by atoms with E-state index in [0.29, 0.717) is 49.2 Å². The molecule has 0 radical (unpaired) electrons. The van der Waals surface area contributed by atoms with Crippen LogP contribution >= 0.6 is 15.9 Å². The van der Waals surface area contributed by atoms with E-state index in [9.17, 15) is 47.1 Å². The van der Waals surface area contributed by atoms with E-state index in [1.807, 2.05) is 19.9 Å². The van der Waals surface area contributed by atoms with Crippen molar-refractivity contribution in [2.75, 3.05) is 30.3 Å². The number of hydrogen-bond acceptors (Lipinski definition) is 14. The topological polar surface area (TPSA) is 286 Å². The van der Waals surface area contributed by atoms with Crippen molar-refractivity contribution >= 4 is 73.1 Å². The second-order valence-corrected chi connectivity index (χ2v) is 21.8. The lowest BCUT2D eigenvalue weighted by Gasteiger charge is -2.39. The Kier molecular flexibility index (Phi) is 23.8. The van der Waals surface area contributed by atoms with E-state index < -0.39 is 57.8 Å². The van der Waals surface area contributed by atoms with Gasteiger partial charge >= 0.3 is 5.97 Å². The number of unbranched alkanes of at least 4 members (excludes halogenated alkanes) is 2. The Bertz CT molecular complexity index is 2550. The van der Waals surface area contributed by atoms with E-state index in [-0.39, 0.29) is 96.8 Å². The Morgan fingerprint density at radius 3 is 2.33 bits per heavy atom. The Morgan fingerprint density at radius 2 is 1.62 bits per heavy atom. The molecule has 1 spiro atoms. The zero-order chi connectivity index (χ0) is 55.4. The lowest BCUT2D eigenvalue weighted by atomic mass is 9.87. The highest BCUT2D eigenvalue weighted by Crippen LogP contribution is 2.43. The van der Waals surface area contributed by atoms with Crippen molar-refractivity contribution in [3.63, 3.8) is 0 Å². The quantitative estimate of drug-likeness (QED) is 0.0165. The first-order chi connectivity index (χ1) is 36.1. The summed E-state index contributed by atoms with van der Waals surface area (Å²) >= 11 is 3.08. The van der Waals surface area contributed by atoms with Crippen LogP contribution in [0.5, 0.6) is 0 Å². The van der Waals surface area contributed by atoms with Gasteiger partial charge in [-0.1, -0.05) is 83.4 Å². The van der Waals surface area contributed by atoms with E-state index in [4.69, 9.17) is 18.9 Å². The Balaban J connectivity index is 1.02. The third kappa shape index (κ3) is 20.3. The molecule has 3 aliphatic rings. The first-order valence-electron chi connectivity index (χ1n) is 25.7. The highest BCUT2D eigenvalue weighted by atomic mass is 79.9. The molecule has 20 nitrogen and oxygen atoms in total. The van der Waals surface area contributed by atoms with Crippen molar-refractivity contribution < 1.29 is 66.0 Å². The molecule has 5 rings (SSSR count). The van der Waals surface area contributed by atoms with Crippen LogP contribution in [-0.2, 0) is 75.5 Å². The summed E-state index contributed by atoms with van der Waals surface area (Å²) in [5.41, 5.74) is 1.73. The highest BCUT2D eigenvalue weighted by Gasteiger charge is 2.58. The lowest BCUT2D eigenvalue weighted by Crippen LogP contribution is -2.50. The number of anilines is 1. The van der Waals surface area contributed by atoms with Crippen LogP contribution in [0.15, 0.2) is 89.4 Å². The average Bonchev–Trinajstić information content (AvgIpc) is 4.16. The fourth-order valence-corrected chi connectivity index (χ4v) is 10.1. The van der Waals surface area contributed by atoms with Crippen molar-refractivity contribution in [2.45, 2.75) is 159 Å². The number of carbonyl (C=O) groups excluding carboxylic acids is 7. The lowest BCUT2D eigenvalue weighted by molar-refractivity contribution is -0.145. The van der Waals surface area contributed by atoms with Gasteiger partial charge in [0.2, 0.25) is 35.4 Å². The van der Waals surface area contributed by atoms with E-state index in [1.54, 1.807) is 37.3 Å². The smallest absolute Gasteiger partial charge is 0.303 e. The summed E-state index contributed by atoms with van der Waals surface area (Å²) in [5, 5.41) is 25.3. The van der Waals surface area contributed by atoms with Crippen LogP contribution in [-0.4, -0.2) is 128 Å². The number of allylic oxidation sites excluding steroid dienone is 2. The first-order valence-corrected chi connectivity index (χ1v) is 28.3. The minimum atomic E-state index is -4.24. The Morgan fingerprint density at radius 1 is 0.882 bits per heavy atom. The molecule has 6 amide bonds. The maximum absolute atomic E-state index is 13.2. The van der Waals surface area contributed by atoms with Crippen LogP contribution in [0, 0.1) is 5.92 Å². The second-order valence-electron chi connectivity index (χ2n) is 19.6. The van der Waals surface area contributed by atoms with E-state index >= 15 is 0 Å². The van der Waals surface area contributed by atoms with Crippen LogP contribution in [0.2, 0.25) is 0 Å². The molecular formula is C54H73BrN6O14S. The molecule has 3 heterocycles. The number of ether oxygens (including phenoxy) is 4. The summed E-state index contributed by atoms with van der Waals surface area (Å²) in [6.45, 7) is 9.62. The predicted molar refractivity (Wildman–Crippen MR) is 286 cm³/mol. The van der Waals surface area contributed by atoms with Crippen molar-refractivity contribution in [3.8, 4) is 0 Å². The molecule has 416 valence electrons. The zero-order valence-corrected chi connectivity index (χ0v) is 46.2. The molecule has 22 heteroatoms. The molecule has 3 aliphatic heterocycles.